The zero-order valence-corrected chi connectivity index (χ0v) is 22.4. The van der Waals surface area contributed by atoms with E-state index in [0.29, 0.717) is 12.1 Å². The molecule has 0 N–H and O–H groups in total. The van der Waals surface area contributed by atoms with Crippen molar-refractivity contribution in [1.29, 1.82) is 0 Å². The Morgan fingerprint density at radius 2 is 1.32 bits per heavy atom. The van der Waals surface area contributed by atoms with E-state index in [2.05, 4.69) is 65.6 Å². The molecule has 5 heteroatoms. The third-order valence-corrected chi connectivity index (χ3v) is 7.93. The number of aliphatic imine (C=N–C) groups is 1. The largest absolute Gasteiger partial charge is 0.294 e. The van der Waals surface area contributed by atoms with E-state index in [9.17, 15) is 4.79 Å². The highest BCUT2D eigenvalue weighted by atomic mass is 16.1. The van der Waals surface area contributed by atoms with Gasteiger partial charge in [0, 0.05) is 30.0 Å². The summed E-state index contributed by atoms with van der Waals surface area (Å²) >= 11 is 0. The van der Waals surface area contributed by atoms with Crippen LogP contribution in [0.4, 0.5) is 5.82 Å². The van der Waals surface area contributed by atoms with Crippen LogP contribution in [-0.4, -0.2) is 26.3 Å². The molecule has 5 nitrogen and oxygen atoms in total. The van der Waals surface area contributed by atoms with Gasteiger partial charge in [0.25, 0.3) is 0 Å². The summed E-state index contributed by atoms with van der Waals surface area (Å²) in [5, 5.41) is 5.87. The number of fused-ring (bicyclic) bond motifs is 3. The van der Waals surface area contributed by atoms with Crippen LogP contribution in [0.1, 0.15) is 51.3 Å². The number of ketones is 1. The quantitative estimate of drug-likeness (QED) is 0.187. The number of aromatic nitrogens is 3. The first-order valence-electron chi connectivity index (χ1n) is 13.9. The number of pyridine rings is 1. The molecule has 4 aromatic carbocycles. The molecule has 0 saturated carbocycles. The van der Waals surface area contributed by atoms with Crippen LogP contribution in [0.3, 0.4) is 0 Å². The Bertz CT molecular complexity index is 1830. The Morgan fingerprint density at radius 1 is 0.707 bits per heavy atom. The second kappa shape index (κ2) is 10.8. The molecule has 0 saturated heterocycles. The lowest BCUT2D eigenvalue weighted by molar-refractivity contribution is 0.0972. The summed E-state index contributed by atoms with van der Waals surface area (Å²) in [6.07, 6.45) is 2.11. The van der Waals surface area contributed by atoms with Crippen LogP contribution in [0, 0.1) is 0 Å². The van der Waals surface area contributed by atoms with Gasteiger partial charge < -0.3 is 0 Å². The smallest absolute Gasteiger partial charge is 0.183 e. The lowest BCUT2D eigenvalue weighted by atomic mass is 9.73. The second-order valence-electron chi connectivity index (χ2n) is 10.4. The molecule has 0 radical (unpaired) electrons. The van der Waals surface area contributed by atoms with E-state index in [0.717, 1.165) is 39.2 Å². The average molecular weight is 533 g/mol. The SMILES string of the molecule is O=C(C[C@H](c1ccccc1)[C@@H](C1=Nc2c3cccnc3nn2[C@H]1c1ccccc1)c1ccccc1)c1ccccc1. The fraction of sp³-hybridized carbons (Fsp3) is 0.111. The van der Waals surface area contributed by atoms with Crippen LogP contribution >= 0.6 is 0 Å². The maximum atomic E-state index is 13.8. The minimum absolute atomic E-state index is 0.114. The molecule has 41 heavy (non-hydrogen) atoms. The standard InChI is InChI=1S/C36H28N4O/c41-31(26-16-7-2-8-17-26)24-30(25-14-5-1-6-15-25)32(27-18-9-3-10-19-27)33-34(28-20-11-4-12-21-28)40-36(38-33)29-22-13-23-37-35(29)39-40/h1-23,30,32,34H,24H2/t30-,32+,34+/m1/s1. The van der Waals surface area contributed by atoms with E-state index in [-0.39, 0.29) is 23.7 Å². The first kappa shape index (κ1) is 24.9. The number of rotatable bonds is 8. The number of carbonyl (C=O) groups is 1. The molecule has 0 fully saturated rings. The summed E-state index contributed by atoms with van der Waals surface area (Å²) in [5.74, 6) is 0.594. The summed E-state index contributed by atoms with van der Waals surface area (Å²) in [5.41, 5.74) is 5.70. The molecule has 0 amide bonds. The minimum Gasteiger partial charge on any atom is -0.294 e. The van der Waals surface area contributed by atoms with Gasteiger partial charge in [0.1, 0.15) is 6.04 Å². The van der Waals surface area contributed by atoms with Gasteiger partial charge in [-0.15, -0.1) is 5.10 Å². The normalized spacial score (nSPS) is 15.7. The molecule has 3 atom stereocenters. The maximum Gasteiger partial charge on any atom is 0.183 e. The van der Waals surface area contributed by atoms with Crippen LogP contribution in [0.5, 0.6) is 0 Å². The predicted molar refractivity (Wildman–Crippen MR) is 163 cm³/mol. The minimum atomic E-state index is -0.233. The summed E-state index contributed by atoms with van der Waals surface area (Å²) in [6.45, 7) is 0. The molecule has 2 aromatic heterocycles. The Morgan fingerprint density at radius 3 is 2.00 bits per heavy atom. The fourth-order valence-electron chi connectivity index (χ4n) is 6.05. The van der Waals surface area contributed by atoms with Crippen LogP contribution < -0.4 is 0 Å². The lowest BCUT2D eigenvalue weighted by Gasteiger charge is -2.31. The summed E-state index contributed by atoms with van der Waals surface area (Å²) in [7, 11) is 0. The molecule has 6 aromatic rings. The van der Waals surface area contributed by atoms with Gasteiger partial charge in [0.05, 0.1) is 11.1 Å². The zero-order chi connectivity index (χ0) is 27.6. The van der Waals surface area contributed by atoms with Crippen molar-refractivity contribution in [2.24, 2.45) is 4.99 Å². The molecular formula is C36H28N4O. The number of carbonyl (C=O) groups excluding carboxylic acids is 1. The Balaban J connectivity index is 1.44. The van der Waals surface area contributed by atoms with Gasteiger partial charge in [-0.1, -0.05) is 121 Å². The van der Waals surface area contributed by atoms with E-state index in [1.807, 2.05) is 77.5 Å². The van der Waals surface area contributed by atoms with Crippen molar-refractivity contribution >= 4 is 28.3 Å². The molecule has 0 spiro atoms. The number of benzene rings is 4. The molecule has 1 aliphatic rings. The first-order valence-corrected chi connectivity index (χ1v) is 13.9. The Labute approximate surface area is 238 Å². The predicted octanol–water partition coefficient (Wildman–Crippen LogP) is 7.95. The van der Waals surface area contributed by atoms with Crippen molar-refractivity contribution in [2.45, 2.75) is 24.3 Å². The highest BCUT2D eigenvalue weighted by Gasteiger charge is 2.41. The third-order valence-electron chi connectivity index (χ3n) is 7.93. The number of hydrogen-bond acceptors (Lipinski definition) is 4. The van der Waals surface area contributed by atoms with Gasteiger partial charge in [-0.2, -0.15) is 0 Å². The fourth-order valence-corrected chi connectivity index (χ4v) is 6.05. The van der Waals surface area contributed by atoms with Crippen molar-refractivity contribution in [3.8, 4) is 0 Å². The summed E-state index contributed by atoms with van der Waals surface area (Å²) < 4.78 is 2.01. The highest BCUT2D eigenvalue weighted by Crippen LogP contribution is 2.47. The summed E-state index contributed by atoms with van der Waals surface area (Å²) in [6, 6.07) is 44.5. The molecule has 3 heterocycles. The highest BCUT2D eigenvalue weighted by molar-refractivity contribution is 6.05. The Hall–Kier alpha value is -5.16. The van der Waals surface area contributed by atoms with Gasteiger partial charge in [-0.25, -0.2) is 14.7 Å². The second-order valence-corrected chi connectivity index (χ2v) is 10.4. The number of Topliss-reactive ketones (excluding diaryl/α,β-unsaturated/α-hetero) is 1. The molecular weight excluding hydrogens is 504 g/mol. The first-order chi connectivity index (χ1) is 20.3. The van der Waals surface area contributed by atoms with Crippen LogP contribution in [0.15, 0.2) is 145 Å². The van der Waals surface area contributed by atoms with Crippen LogP contribution in [0.2, 0.25) is 0 Å². The van der Waals surface area contributed by atoms with Crippen molar-refractivity contribution in [1.82, 2.24) is 14.8 Å². The van der Waals surface area contributed by atoms with Crippen molar-refractivity contribution in [3.05, 3.63) is 162 Å². The van der Waals surface area contributed by atoms with Crippen LogP contribution in [0.25, 0.3) is 11.0 Å². The van der Waals surface area contributed by atoms with E-state index < -0.39 is 0 Å². The average Bonchev–Trinajstić information content (AvgIpc) is 3.58. The van der Waals surface area contributed by atoms with Crippen molar-refractivity contribution in [3.63, 3.8) is 0 Å². The molecule has 0 unspecified atom stereocenters. The van der Waals surface area contributed by atoms with E-state index in [1.165, 1.54) is 0 Å². The van der Waals surface area contributed by atoms with Crippen molar-refractivity contribution < 1.29 is 4.79 Å². The summed E-state index contributed by atoms with van der Waals surface area (Å²) in [4.78, 5) is 23.7. The number of hydrogen-bond donors (Lipinski definition) is 0. The lowest BCUT2D eigenvalue weighted by Crippen LogP contribution is -2.29. The number of nitrogens with zero attached hydrogens (tertiary/aromatic N) is 4. The topological polar surface area (TPSA) is 60.1 Å². The van der Waals surface area contributed by atoms with Crippen molar-refractivity contribution in [2.75, 3.05) is 0 Å². The van der Waals surface area contributed by atoms with Gasteiger partial charge in [0.15, 0.2) is 17.2 Å². The monoisotopic (exact) mass is 532 g/mol. The molecule has 1 aliphatic heterocycles. The molecule has 0 bridgehead atoms. The van der Waals surface area contributed by atoms with E-state index in [1.54, 1.807) is 6.20 Å². The van der Waals surface area contributed by atoms with Gasteiger partial charge >= 0.3 is 0 Å². The van der Waals surface area contributed by atoms with Gasteiger partial charge in [-0.05, 0) is 28.8 Å². The molecule has 0 aliphatic carbocycles. The third kappa shape index (κ3) is 4.66. The zero-order valence-electron chi connectivity index (χ0n) is 22.4. The van der Waals surface area contributed by atoms with Crippen LogP contribution in [-0.2, 0) is 0 Å². The van der Waals surface area contributed by atoms with Gasteiger partial charge in [-0.3, -0.25) is 4.79 Å². The maximum absolute atomic E-state index is 13.8. The van der Waals surface area contributed by atoms with Gasteiger partial charge in [0.2, 0.25) is 0 Å². The Kier molecular flexibility index (Phi) is 6.53. The van der Waals surface area contributed by atoms with E-state index in [4.69, 9.17) is 10.1 Å². The molecule has 7 rings (SSSR count). The molecule has 198 valence electrons. The van der Waals surface area contributed by atoms with E-state index >= 15 is 0 Å².